The highest BCUT2D eigenvalue weighted by molar-refractivity contribution is 5.92. The summed E-state index contributed by atoms with van der Waals surface area (Å²) in [6.07, 6.45) is 4.56. The molecule has 1 aromatic carbocycles. The van der Waals surface area contributed by atoms with Crippen LogP contribution in [0.25, 0.3) is 0 Å². The first-order valence-corrected chi connectivity index (χ1v) is 6.04. The number of benzene rings is 1. The third-order valence-electron chi connectivity index (χ3n) is 3.27. The van der Waals surface area contributed by atoms with Gasteiger partial charge in [-0.2, -0.15) is 0 Å². The molecule has 0 spiro atoms. The number of nitrogens with one attached hydrogen (secondary N) is 1. The fraction of sp³-hybridized carbons (Fsp3) is 0.462. The topological polar surface area (TPSA) is 29.1 Å². The molecule has 0 aliphatic heterocycles. The van der Waals surface area contributed by atoms with Crippen molar-refractivity contribution in [3.63, 3.8) is 0 Å². The summed E-state index contributed by atoms with van der Waals surface area (Å²) in [4.78, 5) is 11.8. The van der Waals surface area contributed by atoms with Gasteiger partial charge in [-0.1, -0.05) is 19.3 Å². The van der Waals surface area contributed by atoms with E-state index in [0.29, 0.717) is 0 Å². The SMILES string of the molecule is O=C(Nc1ccc(F)c(F)c1F)C1CCCCC1. The minimum Gasteiger partial charge on any atom is -0.323 e. The van der Waals surface area contributed by atoms with E-state index in [4.69, 9.17) is 0 Å². The van der Waals surface area contributed by atoms with Crippen LogP contribution in [-0.2, 0) is 4.79 Å². The highest BCUT2D eigenvalue weighted by Gasteiger charge is 2.23. The van der Waals surface area contributed by atoms with E-state index in [2.05, 4.69) is 5.32 Å². The smallest absolute Gasteiger partial charge is 0.227 e. The van der Waals surface area contributed by atoms with E-state index in [1.165, 1.54) is 0 Å². The molecule has 1 aromatic rings. The first kappa shape index (κ1) is 12.9. The third kappa shape index (κ3) is 2.66. The zero-order valence-corrected chi connectivity index (χ0v) is 9.81. The third-order valence-corrected chi connectivity index (χ3v) is 3.27. The van der Waals surface area contributed by atoms with Crippen molar-refractivity contribution in [2.45, 2.75) is 32.1 Å². The van der Waals surface area contributed by atoms with Gasteiger partial charge in [-0.25, -0.2) is 13.2 Å². The molecule has 1 aliphatic rings. The average Bonchev–Trinajstić information content (AvgIpc) is 2.40. The van der Waals surface area contributed by atoms with Crippen LogP contribution in [0.15, 0.2) is 12.1 Å². The lowest BCUT2D eigenvalue weighted by Crippen LogP contribution is -2.25. The fourth-order valence-electron chi connectivity index (χ4n) is 2.22. The van der Waals surface area contributed by atoms with Gasteiger partial charge in [0.15, 0.2) is 17.5 Å². The predicted octanol–water partition coefficient (Wildman–Crippen LogP) is 3.62. The van der Waals surface area contributed by atoms with Crippen LogP contribution in [0.3, 0.4) is 0 Å². The number of anilines is 1. The van der Waals surface area contributed by atoms with Gasteiger partial charge in [0.1, 0.15) is 0 Å². The molecule has 1 saturated carbocycles. The molecule has 0 aromatic heterocycles. The Hall–Kier alpha value is -1.52. The van der Waals surface area contributed by atoms with E-state index in [0.717, 1.165) is 44.2 Å². The number of amides is 1. The number of carbonyl (C=O) groups is 1. The van der Waals surface area contributed by atoms with Crippen LogP contribution in [-0.4, -0.2) is 5.91 Å². The predicted molar refractivity (Wildman–Crippen MR) is 61.5 cm³/mol. The van der Waals surface area contributed by atoms with Gasteiger partial charge in [-0.3, -0.25) is 4.79 Å². The van der Waals surface area contributed by atoms with E-state index >= 15 is 0 Å². The zero-order chi connectivity index (χ0) is 13.1. The second kappa shape index (κ2) is 5.42. The Balaban J connectivity index is 2.09. The van der Waals surface area contributed by atoms with Gasteiger partial charge in [0.25, 0.3) is 0 Å². The van der Waals surface area contributed by atoms with Crippen molar-refractivity contribution in [3.05, 3.63) is 29.6 Å². The molecule has 0 bridgehead atoms. The molecule has 1 fully saturated rings. The minimum absolute atomic E-state index is 0.161. The van der Waals surface area contributed by atoms with Crippen LogP contribution in [0, 0.1) is 23.4 Å². The molecule has 18 heavy (non-hydrogen) atoms. The summed E-state index contributed by atoms with van der Waals surface area (Å²) in [5.41, 5.74) is -0.301. The normalized spacial score (nSPS) is 16.6. The van der Waals surface area contributed by atoms with Crippen LogP contribution in [0.2, 0.25) is 0 Å². The van der Waals surface area contributed by atoms with Crippen LogP contribution in [0.1, 0.15) is 32.1 Å². The molecule has 1 amide bonds. The summed E-state index contributed by atoms with van der Waals surface area (Å²) >= 11 is 0. The van der Waals surface area contributed by atoms with Gasteiger partial charge in [0.2, 0.25) is 5.91 Å². The Morgan fingerprint density at radius 3 is 2.39 bits per heavy atom. The largest absolute Gasteiger partial charge is 0.323 e. The summed E-state index contributed by atoms with van der Waals surface area (Å²) in [5, 5.41) is 2.33. The van der Waals surface area contributed by atoms with Crippen LogP contribution < -0.4 is 5.32 Å². The lowest BCUT2D eigenvalue weighted by Gasteiger charge is -2.20. The molecule has 1 aliphatic carbocycles. The number of carbonyl (C=O) groups excluding carboxylic acids is 1. The van der Waals surface area contributed by atoms with Crippen LogP contribution in [0.4, 0.5) is 18.9 Å². The van der Waals surface area contributed by atoms with Gasteiger partial charge in [0, 0.05) is 5.92 Å². The maximum Gasteiger partial charge on any atom is 0.227 e. The number of rotatable bonds is 2. The molecule has 0 atom stereocenters. The van der Waals surface area contributed by atoms with E-state index in [-0.39, 0.29) is 17.5 Å². The highest BCUT2D eigenvalue weighted by Crippen LogP contribution is 2.26. The average molecular weight is 257 g/mol. The Morgan fingerprint density at radius 2 is 1.72 bits per heavy atom. The number of halogens is 3. The summed E-state index contributed by atoms with van der Waals surface area (Å²) < 4.78 is 39.1. The van der Waals surface area contributed by atoms with E-state index in [1.807, 2.05) is 0 Å². The fourth-order valence-corrected chi connectivity index (χ4v) is 2.22. The van der Waals surface area contributed by atoms with Crippen LogP contribution >= 0.6 is 0 Å². The molecular formula is C13H14F3NO. The lowest BCUT2D eigenvalue weighted by atomic mass is 9.88. The van der Waals surface area contributed by atoms with E-state index in [9.17, 15) is 18.0 Å². The van der Waals surface area contributed by atoms with Gasteiger partial charge >= 0.3 is 0 Å². The number of hydrogen-bond acceptors (Lipinski definition) is 1. The van der Waals surface area contributed by atoms with E-state index in [1.54, 1.807) is 0 Å². The molecule has 0 saturated heterocycles. The molecule has 0 unspecified atom stereocenters. The molecule has 2 rings (SSSR count). The highest BCUT2D eigenvalue weighted by atomic mass is 19.2. The second-order valence-electron chi connectivity index (χ2n) is 4.55. The molecular weight excluding hydrogens is 243 g/mol. The van der Waals surface area contributed by atoms with Crippen LogP contribution in [0.5, 0.6) is 0 Å². The first-order chi connectivity index (χ1) is 8.59. The van der Waals surface area contributed by atoms with Crippen molar-refractivity contribution >= 4 is 11.6 Å². The number of hydrogen-bond donors (Lipinski definition) is 1. The Morgan fingerprint density at radius 1 is 1.06 bits per heavy atom. The maximum atomic E-state index is 13.4. The minimum atomic E-state index is -1.56. The van der Waals surface area contributed by atoms with Gasteiger partial charge in [-0.15, -0.1) is 0 Å². The summed E-state index contributed by atoms with van der Waals surface area (Å²) in [7, 11) is 0. The van der Waals surface area contributed by atoms with Crippen molar-refractivity contribution < 1.29 is 18.0 Å². The molecule has 0 heterocycles. The van der Waals surface area contributed by atoms with Crippen molar-refractivity contribution in [1.29, 1.82) is 0 Å². The molecule has 98 valence electrons. The van der Waals surface area contributed by atoms with Crippen molar-refractivity contribution in [3.8, 4) is 0 Å². The summed E-state index contributed by atoms with van der Waals surface area (Å²) in [6, 6.07) is 1.84. The summed E-state index contributed by atoms with van der Waals surface area (Å²) in [5.74, 6) is -4.65. The zero-order valence-electron chi connectivity index (χ0n) is 9.81. The van der Waals surface area contributed by atoms with Gasteiger partial charge in [-0.05, 0) is 25.0 Å². The first-order valence-electron chi connectivity index (χ1n) is 6.04. The standard InChI is InChI=1S/C13H14F3NO/c14-9-6-7-10(12(16)11(9)15)17-13(18)8-4-2-1-3-5-8/h6-8H,1-5H2,(H,17,18). The molecule has 5 heteroatoms. The Kier molecular flexibility index (Phi) is 3.89. The van der Waals surface area contributed by atoms with Gasteiger partial charge < -0.3 is 5.32 Å². The second-order valence-corrected chi connectivity index (χ2v) is 4.55. The lowest BCUT2D eigenvalue weighted by molar-refractivity contribution is -0.120. The summed E-state index contributed by atoms with van der Waals surface area (Å²) in [6.45, 7) is 0. The Labute approximate surface area is 103 Å². The van der Waals surface area contributed by atoms with Crippen molar-refractivity contribution in [2.75, 3.05) is 5.32 Å². The Bertz CT molecular complexity index is 456. The van der Waals surface area contributed by atoms with Crippen molar-refractivity contribution in [2.24, 2.45) is 5.92 Å². The quantitative estimate of drug-likeness (QED) is 0.805. The molecule has 1 N–H and O–H groups in total. The van der Waals surface area contributed by atoms with E-state index < -0.39 is 17.5 Å². The molecule has 0 radical (unpaired) electrons. The monoisotopic (exact) mass is 257 g/mol. The van der Waals surface area contributed by atoms with Crippen molar-refractivity contribution in [1.82, 2.24) is 0 Å². The maximum absolute atomic E-state index is 13.4. The van der Waals surface area contributed by atoms with Gasteiger partial charge in [0.05, 0.1) is 5.69 Å². The molecule has 2 nitrogen and oxygen atoms in total.